The summed E-state index contributed by atoms with van der Waals surface area (Å²) >= 11 is 0. The molecule has 24 heavy (non-hydrogen) atoms. The van der Waals surface area contributed by atoms with Gasteiger partial charge in [0.2, 0.25) is 0 Å². The lowest BCUT2D eigenvalue weighted by atomic mass is 10.2. The first-order chi connectivity index (χ1) is 10.8. The van der Waals surface area contributed by atoms with Crippen molar-refractivity contribution >= 4 is 14.3 Å². The minimum Gasteiger partial charge on any atom is -0.462 e. The van der Waals surface area contributed by atoms with Crippen LogP contribution in [0, 0.1) is 0 Å². The number of alkyl halides is 3. The first-order valence-corrected chi connectivity index (χ1v) is 10.8. The molecule has 1 heterocycles. The van der Waals surface area contributed by atoms with Crippen molar-refractivity contribution in [1.82, 2.24) is 4.57 Å². The SMILES string of the molecule is CCOC(=O)c1cn(CCO[Si](C)(C)C(C)(C)C)cc1C(F)(F)F. The summed E-state index contributed by atoms with van der Waals surface area (Å²) in [4.78, 5) is 11.7. The maximum Gasteiger partial charge on any atom is 0.418 e. The Hall–Kier alpha value is -1.28. The average molecular weight is 365 g/mol. The Kier molecular flexibility index (Phi) is 6.32. The van der Waals surface area contributed by atoms with Gasteiger partial charge in [-0.05, 0) is 25.1 Å². The van der Waals surface area contributed by atoms with Crippen LogP contribution in [-0.2, 0) is 21.9 Å². The smallest absolute Gasteiger partial charge is 0.418 e. The number of rotatable bonds is 6. The molecule has 0 saturated heterocycles. The molecule has 0 unspecified atom stereocenters. The normalized spacial score (nSPS) is 13.2. The molecule has 0 bridgehead atoms. The third kappa shape index (κ3) is 5.11. The van der Waals surface area contributed by atoms with Crippen LogP contribution >= 0.6 is 0 Å². The minimum absolute atomic E-state index is 0.0236. The lowest BCUT2D eigenvalue weighted by Gasteiger charge is -2.36. The van der Waals surface area contributed by atoms with Crippen LogP contribution in [-0.4, -0.2) is 32.1 Å². The zero-order valence-electron chi connectivity index (χ0n) is 15.1. The number of hydrogen-bond acceptors (Lipinski definition) is 3. The number of carbonyl (C=O) groups excluding carboxylic acids is 1. The Balaban J connectivity index is 2.89. The van der Waals surface area contributed by atoms with E-state index in [1.807, 2.05) is 0 Å². The molecule has 0 aliphatic heterocycles. The van der Waals surface area contributed by atoms with Crippen molar-refractivity contribution < 1.29 is 27.1 Å². The Bertz CT molecular complexity index is 574. The van der Waals surface area contributed by atoms with Gasteiger partial charge in [-0.3, -0.25) is 0 Å². The average Bonchev–Trinajstić information content (AvgIpc) is 2.81. The van der Waals surface area contributed by atoms with Crippen LogP contribution in [0.15, 0.2) is 12.4 Å². The molecular weight excluding hydrogens is 339 g/mol. The maximum atomic E-state index is 13.1. The lowest BCUT2D eigenvalue weighted by molar-refractivity contribution is -0.138. The Morgan fingerprint density at radius 1 is 1.21 bits per heavy atom. The van der Waals surface area contributed by atoms with E-state index in [0.717, 1.165) is 6.20 Å². The second kappa shape index (κ2) is 7.31. The van der Waals surface area contributed by atoms with Crippen molar-refractivity contribution in [2.75, 3.05) is 13.2 Å². The number of aromatic nitrogens is 1. The number of nitrogens with zero attached hydrogens (tertiary/aromatic N) is 1. The van der Waals surface area contributed by atoms with Gasteiger partial charge in [0.25, 0.3) is 0 Å². The van der Waals surface area contributed by atoms with Gasteiger partial charge >= 0.3 is 12.1 Å². The molecule has 0 aromatic carbocycles. The van der Waals surface area contributed by atoms with E-state index in [0.29, 0.717) is 6.61 Å². The van der Waals surface area contributed by atoms with Crippen LogP contribution in [0.3, 0.4) is 0 Å². The first kappa shape index (κ1) is 20.8. The van der Waals surface area contributed by atoms with Crippen LogP contribution in [0.4, 0.5) is 13.2 Å². The van der Waals surface area contributed by atoms with Crippen LogP contribution in [0.5, 0.6) is 0 Å². The highest BCUT2D eigenvalue weighted by atomic mass is 28.4. The maximum absolute atomic E-state index is 13.1. The predicted octanol–water partition coefficient (Wildman–Crippen LogP) is 4.71. The largest absolute Gasteiger partial charge is 0.462 e. The molecule has 0 saturated carbocycles. The van der Waals surface area contributed by atoms with Gasteiger partial charge in [0.05, 0.1) is 24.3 Å². The third-order valence-electron chi connectivity index (χ3n) is 4.30. The Morgan fingerprint density at radius 2 is 1.79 bits per heavy atom. The molecule has 138 valence electrons. The van der Waals surface area contributed by atoms with E-state index in [1.165, 1.54) is 10.8 Å². The summed E-state index contributed by atoms with van der Waals surface area (Å²) < 4.78 is 51.3. The quantitative estimate of drug-likeness (QED) is 0.542. The first-order valence-electron chi connectivity index (χ1n) is 7.87. The number of halogens is 3. The van der Waals surface area contributed by atoms with E-state index in [-0.39, 0.29) is 18.2 Å². The number of hydrogen-bond donors (Lipinski definition) is 0. The molecule has 0 aliphatic rings. The van der Waals surface area contributed by atoms with E-state index in [2.05, 4.69) is 33.9 Å². The van der Waals surface area contributed by atoms with Gasteiger partial charge in [0.1, 0.15) is 0 Å². The molecule has 0 amide bonds. The summed E-state index contributed by atoms with van der Waals surface area (Å²) in [5.74, 6) is -0.964. The standard InChI is InChI=1S/C16H26F3NO3Si/c1-7-22-14(21)12-10-20(11-13(12)16(17,18)19)8-9-23-24(5,6)15(2,3)4/h10-11H,7-9H2,1-6H3. The molecule has 4 nitrogen and oxygen atoms in total. The van der Waals surface area contributed by atoms with E-state index in [4.69, 9.17) is 9.16 Å². The fourth-order valence-electron chi connectivity index (χ4n) is 1.86. The summed E-state index contributed by atoms with van der Waals surface area (Å²) in [6, 6.07) is 0. The topological polar surface area (TPSA) is 40.5 Å². The fraction of sp³-hybridized carbons (Fsp3) is 0.688. The van der Waals surface area contributed by atoms with Crippen molar-refractivity contribution in [3.63, 3.8) is 0 Å². The second-order valence-corrected chi connectivity index (χ2v) is 12.0. The van der Waals surface area contributed by atoms with Gasteiger partial charge in [-0.2, -0.15) is 13.2 Å². The van der Waals surface area contributed by atoms with E-state index < -0.39 is 31.6 Å². The van der Waals surface area contributed by atoms with Crippen LogP contribution in [0.2, 0.25) is 18.1 Å². The van der Waals surface area contributed by atoms with Crippen molar-refractivity contribution in [2.24, 2.45) is 0 Å². The van der Waals surface area contributed by atoms with Crippen LogP contribution in [0.25, 0.3) is 0 Å². The lowest BCUT2D eigenvalue weighted by Crippen LogP contribution is -2.41. The van der Waals surface area contributed by atoms with Gasteiger partial charge in [-0.15, -0.1) is 0 Å². The van der Waals surface area contributed by atoms with Crippen LogP contribution < -0.4 is 0 Å². The van der Waals surface area contributed by atoms with Crippen molar-refractivity contribution in [3.8, 4) is 0 Å². The summed E-state index contributed by atoms with van der Waals surface area (Å²) in [5, 5.41) is 0.0247. The van der Waals surface area contributed by atoms with Gasteiger partial charge < -0.3 is 13.7 Å². The summed E-state index contributed by atoms with van der Waals surface area (Å²) in [6.45, 7) is 12.5. The zero-order chi connectivity index (χ0) is 18.8. The minimum atomic E-state index is -4.60. The molecule has 1 rings (SSSR count). The predicted molar refractivity (Wildman–Crippen MR) is 88.5 cm³/mol. The van der Waals surface area contributed by atoms with Gasteiger partial charge in [-0.25, -0.2) is 4.79 Å². The molecule has 0 fully saturated rings. The molecule has 0 radical (unpaired) electrons. The van der Waals surface area contributed by atoms with Gasteiger partial charge in [0.15, 0.2) is 8.32 Å². The molecule has 0 aliphatic carbocycles. The molecule has 8 heteroatoms. The van der Waals surface area contributed by atoms with Crippen LogP contribution in [0.1, 0.15) is 43.6 Å². The molecule has 0 N–H and O–H groups in total. The molecule has 0 atom stereocenters. The molecule has 1 aromatic rings. The number of carbonyl (C=O) groups is 1. The highest BCUT2D eigenvalue weighted by Crippen LogP contribution is 2.36. The fourth-order valence-corrected chi connectivity index (χ4v) is 2.89. The summed E-state index contributed by atoms with van der Waals surface area (Å²) in [5.41, 5.74) is -1.44. The third-order valence-corrected chi connectivity index (χ3v) is 8.84. The highest BCUT2D eigenvalue weighted by Gasteiger charge is 2.38. The summed E-state index contributed by atoms with van der Waals surface area (Å²) in [7, 11) is -1.96. The van der Waals surface area contributed by atoms with Crippen molar-refractivity contribution in [2.45, 2.75) is 58.5 Å². The monoisotopic (exact) mass is 365 g/mol. The number of esters is 1. The van der Waals surface area contributed by atoms with Gasteiger partial charge in [0, 0.05) is 18.9 Å². The molecule has 0 spiro atoms. The van der Waals surface area contributed by atoms with E-state index >= 15 is 0 Å². The molecular formula is C16H26F3NO3Si. The van der Waals surface area contributed by atoms with Gasteiger partial charge in [-0.1, -0.05) is 20.8 Å². The van der Waals surface area contributed by atoms with Crippen molar-refractivity contribution in [3.05, 3.63) is 23.5 Å². The van der Waals surface area contributed by atoms with E-state index in [1.54, 1.807) is 6.92 Å². The molecule has 1 aromatic heterocycles. The Labute approximate surface area is 142 Å². The highest BCUT2D eigenvalue weighted by molar-refractivity contribution is 6.74. The van der Waals surface area contributed by atoms with Crippen molar-refractivity contribution in [1.29, 1.82) is 0 Å². The number of ether oxygens (including phenoxy) is 1. The summed E-state index contributed by atoms with van der Waals surface area (Å²) in [6.07, 6.45) is -2.50. The Morgan fingerprint density at radius 3 is 2.25 bits per heavy atom. The second-order valence-electron chi connectivity index (χ2n) is 7.15. The zero-order valence-corrected chi connectivity index (χ0v) is 16.1. The van der Waals surface area contributed by atoms with E-state index in [9.17, 15) is 18.0 Å².